The summed E-state index contributed by atoms with van der Waals surface area (Å²) in [6.07, 6.45) is 0. The third-order valence-corrected chi connectivity index (χ3v) is 3.29. The van der Waals surface area contributed by atoms with Gasteiger partial charge in [-0.15, -0.1) is 11.3 Å². The van der Waals surface area contributed by atoms with E-state index in [1.54, 1.807) is 18.4 Å². The first kappa shape index (κ1) is 11.0. The molecule has 0 saturated carbocycles. The number of rotatable bonds is 3. The molecule has 0 unspecified atom stereocenters. The molecule has 0 spiro atoms. The summed E-state index contributed by atoms with van der Waals surface area (Å²) in [5, 5.41) is 9.59. The third kappa shape index (κ3) is 2.20. The van der Waals surface area contributed by atoms with Gasteiger partial charge in [-0.1, -0.05) is 12.1 Å². The number of hydrogen-bond acceptors (Lipinski definition) is 4. The summed E-state index contributed by atoms with van der Waals surface area (Å²) in [6, 6.07) is 7.86. The Kier molecular flexibility index (Phi) is 3.17. The van der Waals surface area contributed by atoms with E-state index in [4.69, 9.17) is 5.11 Å². The van der Waals surface area contributed by atoms with Gasteiger partial charge in [0, 0.05) is 7.05 Å². The van der Waals surface area contributed by atoms with Crippen molar-refractivity contribution in [3.05, 3.63) is 29.3 Å². The quantitative estimate of drug-likeness (QED) is 0.872. The van der Waals surface area contributed by atoms with Crippen LogP contribution in [0.3, 0.4) is 0 Å². The minimum atomic E-state index is -0.457. The van der Waals surface area contributed by atoms with Gasteiger partial charge in [0.2, 0.25) is 5.91 Å². The Balaban J connectivity index is 2.18. The van der Waals surface area contributed by atoms with Gasteiger partial charge in [-0.05, 0) is 12.1 Å². The molecule has 2 aromatic rings. The first-order chi connectivity index (χ1) is 7.70. The number of fused-ring (bicyclic) bond motifs is 1. The van der Waals surface area contributed by atoms with E-state index in [-0.39, 0.29) is 5.91 Å². The second-order valence-electron chi connectivity index (χ2n) is 3.48. The highest BCUT2D eigenvalue weighted by Crippen LogP contribution is 2.22. The van der Waals surface area contributed by atoms with Crippen molar-refractivity contribution in [2.45, 2.75) is 6.54 Å². The zero-order valence-electron chi connectivity index (χ0n) is 8.88. The fourth-order valence-corrected chi connectivity index (χ4v) is 2.42. The topological polar surface area (TPSA) is 53.4 Å². The molecule has 4 nitrogen and oxygen atoms in total. The van der Waals surface area contributed by atoms with Crippen molar-refractivity contribution in [3.8, 4) is 0 Å². The zero-order chi connectivity index (χ0) is 11.5. The molecule has 2 rings (SSSR count). The van der Waals surface area contributed by atoms with Crippen LogP contribution in [-0.4, -0.2) is 34.6 Å². The predicted octanol–water partition coefficient (Wildman–Crippen LogP) is 1.25. The Labute approximate surface area is 97.1 Å². The monoisotopic (exact) mass is 236 g/mol. The van der Waals surface area contributed by atoms with Crippen LogP contribution in [0.5, 0.6) is 0 Å². The van der Waals surface area contributed by atoms with Crippen LogP contribution in [0.15, 0.2) is 24.3 Å². The Morgan fingerprint density at radius 1 is 1.50 bits per heavy atom. The van der Waals surface area contributed by atoms with Gasteiger partial charge in [-0.3, -0.25) is 4.79 Å². The molecular formula is C11H12N2O2S. The van der Waals surface area contributed by atoms with Crippen molar-refractivity contribution in [3.63, 3.8) is 0 Å². The van der Waals surface area contributed by atoms with E-state index in [0.717, 1.165) is 15.2 Å². The van der Waals surface area contributed by atoms with Crippen molar-refractivity contribution >= 4 is 27.5 Å². The maximum Gasteiger partial charge on any atom is 0.248 e. The molecule has 0 bridgehead atoms. The summed E-state index contributed by atoms with van der Waals surface area (Å²) in [4.78, 5) is 17.1. The van der Waals surface area contributed by atoms with Crippen LogP contribution >= 0.6 is 11.3 Å². The number of aliphatic hydroxyl groups excluding tert-OH is 1. The van der Waals surface area contributed by atoms with Crippen LogP contribution in [0.2, 0.25) is 0 Å². The van der Waals surface area contributed by atoms with Crippen LogP contribution in [0.4, 0.5) is 0 Å². The molecule has 0 aliphatic heterocycles. The number of nitrogens with zero attached hydrogens (tertiary/aromatic N) is 2. The number of hydrogen-bond donors (Lipinski definition) is 1. The number of likely N-dealkylation sites (N-methyl/N-ethyl adjacent to an activating group) is 1. The van der Waals surface area contributed by atoms with Crippen LogP contribution in [-0.2, 0) is 11.3 Å². The molecule has 84 valence electrons. The average Bonchev–Trinajstić information content (AvgIpc) is 2.69. The first-order valence-corrected chi connectivity index (χ1v) is 5.71. The number of para-hydroxylation sites is 1. The highest BCUT2D eigenvalue weighted by Gasteiger charge is 2.10. The van der Waals surface area contributed by atoms with Gasteiger partial charge in [0.1, 0.15) is 11.6 Å². The van der Waals surface area contributed by atoms with Gasteiger partial charge in [0.25, 0.3) is 0 Å². The Morgan fingerprint density at radius 3 is 2.94 bits per heavy atom. The SMILES string of the molecule is CN(Cc1nc2ccccc2s1)C(=O)CO. The van der Waals surface area contributed by atoms with E-state index in [0.29, 0.717) is 6.54 Å². The molecule has 0 atom stereocenters. The van der Waals surface area contributed by atoms with Gasteiger partial charge in [-0.25, -0.2) is 4.98 Å². The number of aliphatic hydroxyl groups is 1. The summed E-state index contributed by atoms with van der Waals surface area (Å²) in [6.45, 7) is -0.0138. The van der Waals surface area contributed by atoms with Crippen molar-refractivity contribution < 1.29 is 9.90 Å². The molecule has 0 fully saturated rings. The summed E-state index contributed by atoms with van der Waals surface area (Å²) >= 11 is 1.57. The molecule has 16 heavy (non-hydrogen) atoms. The number of thiazole rings is 1. The standard InChI is InChI=1S/C11H12N2O2S/c1-13(11(15)7-14)6-10-12-8-4-2-3-5-9(8)16-10/h2-5,14H,6-7H2,1H3. The van der Waals surface area contributed by atoms with Crippen molar-refractivity contribution in [2.24, 2.45) is 0 Å². The smallest absolute Gasteiger partial charge is 0.248 e. The van der Waals surface area contributed by atoms with E-state index in [9.17, 15) is 4.79 Å². The zero-order valence-corrected chi connectivity index (χ0v) is 9.70. The van der Waals surface area contributed by atoms with Crippen molar-refractivity contribution in [2.75, 3.05) is 13.7 Å². The molecule has 1 aromatic heterocycles. The molecule has 1 aromatic carbocycles. The number of amides is 1. The Morgan fingerprint density at radius 2 is 2.25 bits per heavy atom. The van der Waals surface area contributed by atoms with E-state index in [1.807, 2.05) is 24.3 Å². The van der Waals surface area contributed by atoms with Crippen LogP contribution in [0.1, 0.15) is 5.01 Å². The molecule has 0 aliphatic carbocycles. The summed E-state index contributed by atoms with van der Waals surface area (Å²) in [5.74, 6) is -0.292. The van der Waals surface area contributed by atoms with E-state index >= 15 is 0 Å². The largest absolute Gasteiger partial charge is 0.387 e. The van der Waals surface area contributed by atoms with Gasteiger partial charge < -0.3 is 10.0 Å². The average molecular weight is 236 g/mol. The van der Waals surface area contributed by atoms with Gasteiger partial charge in [0.15, 0.2) is 0 Å². The highest BCUT2D eigenvalue weighted by atomic mass is 32.1. The Bertz CT molecular complexity index is 476. The minimum Gasteiger partial charge on any atom is -0.387 e. The fourth-order valence-electron chi connectivity index (χ4n) is 1.40. The van der Waals surface area contributed by atoms with Crippen LogP contribution in [0, 0.1) is 0 Å². The second kappa shape index (κ2) is 4.59. The van der Waals surface area contributed by atoms with Crippen LogP contribution in [0.25, 0.3) is 10.2 Å². The van der Waals surface area contributed by atoms with Gasteiger partial charge in [0.05, 0.1) is 16.8 Å². The lowest BCUT2D eigenvalue weighted by atomic mass is 10.3. The number of benzene rings is 1. The van der Waals surface area contributed by atoms with E-state index in [1.165, 1.54) is 4.90 Å². The van der Waals surface area contributed by atoms with Crippen molar-refractivity contribution in [1.29, 1.82) is 0 Å². The molecular weight excluding hydrogens is 224 g/mol. The lowest BCUT2D eigenvalue weighted by molar-refractivity contribution is -0.133. The lowest BCUT2D eigenvalue weighted by Crippen LogP contribution is -2.28. The van der Waals surface area contributed by atoms with Gasteiger partial charge in [-0.2, -0.15) is 0 Å². The second-order valence-corrected chi connectivity index (χ2v) is 4.60. The molecule has 0 saturated heterocycles. The molecule has 1 amide bonds. The third-order valence-electron chi connectivity index (χ3n) is 2.27. The van der Waals surface area contributed by atoms with Crippen LogP contribution < -0.4 is 0 Å². The summed E-state index contributed by atoms with van der Waals surface area (Å²) in [7, 11) is 1.66. The summed E-state index contributed by atoms with van der Waals surface area (Å²) in [5.41, 5.74) is 0.951. The number of carbonyl (C=O) groups is 1. The maximum atomic E-state index is 11.2. The predicted molar refractivity (Wildman–Crippen MR) is 63.2 cm³/mol. The molecule has 5 heteroatoms. The molecule has 0 aliphatic rings. The molecule has 0 radical (unpaired) electrons. The van der Waals surface area contributed by atoms with E-state index < -0.39 is 6.61 Å². The number of aromatic nitrogens is 1. The summed E-state index contributed by atoms with van der Waals surface area (Å²) < 4.78 is 1.11. The Hall–Kier alpha value is -1.46. The minimum absolute atomic E-state index is 0.292. The highest BCUT2D eigenvalue weighted by molar-refractivity contribution is 7.18. The fraction of sp³-hybridized carbons (Fsp3) is 0.273. The maximum absolute atomic E-state index is 11.2. The lowest BCUT2D eigenvalue weighted by Gasteiger charge is -2.13. The molecule has 1 N–H and O–H groups in total. The van der Waals surface area contributed by atoms with E-state index in [2.05, 4.69) is 4.98 Å². The number of carbonyl (C=O) groups excluding carboxylic acids is 1. The molecule has 1 heterocycles. The van der Waals surface area contributed by atoms with Crippen molar-refractivity contribution in [1.82, 2.24) is 9.88 Å². The van der Waals surface area contributed by atoms with Gasteiger partial charge >= 0.3 is 0 Å². The normalized spacial score (nSPS) is 10.6. The first-order valence-electron chi connectivity index (χ1n) is 4.90.